The number of nitrogens with one attached hydrogen (secondary N) is 1. The maximum atomic E-state index is 12.6. The van der Waals surface area contributed by atoms with E-state index < -0.39 is 0 Å². The Hall–Kier alpha value is -3.09. The van der Waals surface area contributed by atoms with Crippen molar-refractivity contribution >= 4 is 17.2 Å². The summed E-state index contributed by atoms with van der Waals surface area (Å²) in [5.74, 6) is 1.67. The van der Waals surface area contributed by atoms with E-state index in [9.17, 15) is 4.79 Å². The van der Waals surface area contributed by atoms with Gasteiger partial charge in [-0.25, -0.2) is 14.8 Å². The van der Waals surface area contributed by atoms with Crippen LogP contribution in [-0.4, -0.2) is 51.2 Å². The largest absolute Gasteiger partial charge is 0.497 e. The number of carbonyl (C=O) groups is 1. The molecule has 0 aliphatic carbocycles. The van der Waals surface area contributed by atoms with Gasteiger partial charge in [0.15, 0.2) is 5.65 Å². The van der Waals surface area contributed by atoms with Crippen molar-refractivity contribution in [3.63, 3.8) is 0 Å². The van der Waals surface area contributed by atoms with E-state index in [1.54, 1.807) is 13.3 Å². The number of pyridine rings is 1. The zero-order chi connectivity index (χ0) is 20.6. The Balaban J connectivity index is 1.69. The highest BCUT2D eigenvalue weighted by atomic mass is 16.5. The predicted molar refractivity (Wildman–Crippen MR) is 113 cm³/mol. The molecule has 0 bridgehead atoms. The molecule has 1 atom stereocenters. The molecule has 152 valence electrons. The second-order valence-corrected chi connectivity index (χ2v) is 8.45. The van der Waals surface area contributed by atoms with Crippen LogP contribution in [0, 0.1) is 0 Å². The predicted octanol–water partition coefficient (Wildman–Crippen LogP) is 3.86. The minimum Gasteiger partial charge on any atom is -0.497 e. The van der Waals surface area contributed by atoms with Crippen LogP contribution in [0.15, 0.2) is 42.6 Å². The summed E-state index contributed by atoms with van der Waals surface area (Å²) in [4.78, 5) is 23.9. The number of likely N-dealkylation sites (tertiary alicyclic amines) is 1. The van der Waals surface area contributed by atoms with Crippen LogP contribution in [0.25, 0.3) is 22.6 Å². The number of amides is 2. The SMILES string of the molecule is COc1ccc(-c2nc3cccnc3n2[C@H]2CCN(C(=O)NC(C)(C)C)C2)cc1. The number of urea groups is 1. The summed E-state index contributed by atoms with van der Waals surface area (Å²) >= 11 is 0. The number of imidazole rings is 1. The lowest BCUT2D eigenvalue weighted by molar-refractivity contribution is 0.198. The molecular formula is C22H27N5O2. The van der Waals surface area contributed by atoms with Crippen LogP contribution < -0.4 is 10.1 Å². The summed E-state index contributed by atoms with van der Waals surface area (Å²) in [5.41, 5.74) is 2.45. The van der Waals surface area contributed by atoms with Gasteiger partial charge in [-0.05, 0) is 63.6 Å². The highest BCUT2D eigenvalue weighted by Gasteiger charge is 2.32. The number of carbonyl (C=O) groups excluding carboxylic acids is 1. The summed E-state index contributed by atoms with van der Waals surface area (Å²) in [6.45, 7) is 7.32. The van der Waals surface area contributed by atoms with Gasteiger partial charge < -0.3 is 19.5 Å². The van der Waals surface area contributed by atoms with Gasteiger partial charge in [-0.3, -0.25) is 0 Å². The number of ether oxygens (including phenoxy) is 1. The first-order valence-corrected chi connectivity index (χ1v) is 9.90. The van der Waals surface area contributed by atoms with Gasteiger partial charge in [0.05, 0.1) is 13.2 Å². The molecule has 1 aliphatic heterocycles. The first-order valence-electron chi connectivity index (χ1n) is 9.90. The first kappa shape index (κ1) is 19.2. The summed E-state index contributed by atoms with van der Waals surface area (Å²) in [6, 6.07) is 11.9. The Labute approximate surface area is 170 Å². The van der Waals surface area contributed by atoms with Crippen LogP contribution in [-0.2, 0) is 0 Å². The molecule has 0 spiro atoms. The molecule has 0 radical (unpaired) electrons. The van der Waals surface area contributed by atoms with Crippen molar-refractivity contribution in [2.24, 2.45) is 0 Å². The number of benzene rings is 1. The Bertz CT molecular complexity index is 1020. The lowest BCUT2D eigenvalue weighted by Gasteiger charge is -2.25. The average Bonchev–Trinajstić information content (AvgIpc) is 3.31. The number of hydrogen-bond acceptors (Lipinski definition) is 4. The highest BCUT2D eigenvalue weighted by Crippen LogP contribution is 2.32. The van der Waals surface area contributed by atoms with Gasteiger partial charge in [0.2, 0.25) is 0 Å². The molecule has 29 heavy (non-hydrogen) atoms. The number of rotatable bonds is 3. The van der Waals surface area contributed by atoms with Gasteiger partial charge in [0.1, 0.15) is 17.1 Å². The van der Waals surface area contributed by atoms with Crippen molar-refractivity contribution in [2.45, 2.75) is 38.8 Å². The Morgan fingerprint density at radius 1 is 1.21 bits per heavy atom. The third-order valence-electron chi connectivity index (χ3n) is 5.09. The molecule has 1 N–H and O–H groups in total. The molecule has 1 aromatic carbocycles. The third kappa shape index (κ3) is 3.90. The van der Waals surface area contributed by atoms with Crippen molar-refractivity contribution in [3.8, 4) is 17.1 Å². The summed E-state index contributed by atoms with van der Waals surface area (Å²) in [7, 11) is 1.66. The van der Waals surface area contributed by atoms with E-state index in [2.05, 4.69) is 14.9 Å². The molecule has 4 rings (SSSR count). The van der Waals surface area contributed by atoms with E-state index in [0.717, 1.165) is 34.7 Å². The summed E-state index contributed by atoms with van der Waals surface area (Å²) < 4.78 is 7.47. The molecular weight excluding hydrogens is 366 g/mol. The van der Waals surface area contributed by atoms with Crippen LogP contribution >= 0.6 is 0 Å². The standard InChI is InChI=1S/C22H27N5O2/c1-22(2,3)25-21(28)26-13-11-16(14-26)27-19(15-7-9-17(29-4)10-8-15)24-18-6-5-12-23-20(18)27/h5-10,12,16H,11,13-14H2,1-4H3,(H,25,28)/t16-/m0/s1. The van der Waals surface area contributed by atoms with Gasteiger partial charge >= 0.3 is 6.03 Å². The van der Waals surface area contributed by atoms with Gasteiger partial charge in [-0.15, -0.1) is 0 Å². The molecule has 3 aromatic rings. The lowest BCUT2D eigenvalue weighted by Crippen LogP contribution is -2.47. The van der Waals surface area contributed by atoms with Crippen LogP contribution in [0.5, 0.6) is 5.75 Å². The van der Waals surface area contributed by atoms with Crippen molar-refractivity contribution < 1.29 is 9.53 Å². The summed E-state index contributed by atoms with van der Waals surface area (Å²) in [6.07, 6.45) is 2.65. The quantitative estimate of drug-likeness (QED) is 0.733. The number of aromatic nitrogens is 3. The number of nitrogens with zero attached hydrogens (tertiary/aromatic N) is 4. The minimum absolute atomic E-state index is 0.0247. The smallest absolute Gasteiger partial charge is 0.317 e. The van der Waals surface area contributed by atoms with E-state index in [1.165, 1.54) is 0 Å². The van der Waals surface area contributed by atoms with Crippen LogP contribution in [0.4, 0.5) is 4.79 Å². The third-order valence-corrected chi connectivity index (χ3v) is 5.09. The van der Waals surface area contributed by atoms with E-state index in [-0.39, 0.29) is 17.6 Å². The normalized spacial score (nSPS) is 17.0. The Morgan fingerprint density at radius 3 is 2.66 bits per heavy atom. The fourth-order valence-electron chi connectivity index (χ4n) is 3.76. The zero-order valence-electron chi connectivity index (χ0n) is 17.3. The van der Waals surface area contributed by atoms with Gasteiger partial charge in [0, 0.05) is 30.4 Å². The van der Waals surface area contributed by atoms with E-state index in [0.29, 0.717) is 13.1 Å². The highest BCUT2D eigenvalue weighted by molar-refractivity contribution is 5.78. The fourth-order valence-corrected chi connectivity index (χ4v) is 3.76. The topological polar surface area (TPSA) is 72.3 Å². The van der Waals surface area contributed by atoms with Gasteiger partial charge in [-0.2, -0.15) is 0 Å². The van der Waals surface area contributed by atoms with Crippen LogP contribution in [0.1, 0.15) is 33.2 Å². The van der Waals surface area contributed by atoms with E-state index in [4.69, 9.17) is 9.72 Å². The maximum Gasteiger partial charge on any atom is 0.317 e. The van der Waals surface area contributed by atoms with Crippen LogP contribution in [0.2, 0.25) is 0 Å². The van der Waals surface area contributed by atoms with Crippen molar-refractivity contribution in [2.75, 3.05) is 20.2 Å². The lowest BCUT2D eigenvalue weighted by atomic mass is 10.1. The molecule has 7 nitrogen and oxygen atoms in total. The Kier molecular flexibility index (Phi) is 4.90. The molecule has 7 heteroatoms. The molecule has 1 fully saturated rings. The second-order valence-electron chi connectivity index (χ2n) is 8.45. The van der Waals surface area contributed by atoms with Gasteiger partial charge in [-0.1, -0.05) is 0 Å². The molecule has 0 unspecified atom stereocenters. The first-order chi connectivity index (χ1) is 13.9. The number of methoxy groups -OCH3 is 1. The maximum absolute atomic E-state index is 12.6. The van der Waals surface area contributed by atoms with Crippen molar-refractivity contribution in [1.29, 1.82) is 0 Å². The number of fused-ring (bicyclic) bond motifs is 1. The zero-order valence-corrected chi connectivity index (χ0v) is 17.3. The monoisotopic (exact) mass is 393 g/mol. The second kappa shape index (κ2) is 7.39. The summed E-state index contributed by atoms with van der Waals surface area (Å²) in [5, 5.41) is 3.06. The number of hydrogen-bond donors (Lipinski definition) is 1. The minimum atomic E-state index is -0.257. The van der Waals surface area contributed by atoms with Crippen molar-refractivity contribution in [3.05, 3.63) is 42.6 Å². The molecule has 2 aromatic heterocycles. The van der Waals surface area contributed by atoms with E-state index in [1.807, 2.05) is 62.1 Å². The van der Waals surface area contributed by atoms with Crippen molar-refractivity contribution in [1.82, 2.24) is 24.8 Å². The Morgan fingerprint density at radius 2 is 1.97 bits per heavy atom. The van der Waals surface area contributed by atoms with E-state index >= 15 is 0 Å². The fraction of sp³-hybridized carbons (Fsp3) is 0.409. The average molecular weight is 393 g/mol. The van der Waals surface area contributed by atoms with Gasteiger partial charge in [0.25, 0.3) is 0 Å². The molecule has 1 aliphatic rings. The molecule has 0 saturated carbocycles. The molecule has 3 heterocycles. The molecule has 2 amide bonds. The molecule has 1 saturated heterocycles. The van der Waals surface area contributed by atoms with Crippen LogP contribution in [0.3, 0.4) is 0 Å².